The van der Waals surface area contributed by atoms with Crippen LogP contribution in [0.1, 0.15) is 27.5 Å². The highest BCUT2D eigenvalue weighted by Gasteiger charge is 2.28. The monoisotopic (exact) mass is 628 g/mol. The van der Waals surface area contributed by atoms with Gasteiger partial charge in [-0.15, -0.1) is 0 Å². The molecular weight excluding hydrogens is 592 g/mol. The van der Waals surface area contributed by atoms with E-state index in [0.29, 0.717) is 26.2 Å². The molecule has 1 aliphatic rings. The zero-order valence-electron chi connectivity index (χ0n) is 26.2. The first-order valence-electron chi connectivity index (χ1n) is 15.6. The Balaban J connectivity index is 1.03. The lowest BCUT2D eigenvalue weighted by Crippen LogP contribution is -2.50. The van der Waals surface area contributed by atoms with E-state index < -0.39 is 11.9 Å². The molecule has 0 spiro atoms. The fraction of sp³-hybridized carbons (Fsp3) is 0.211. The number of hydrogen-bond acceptors (Lipinski definition) is 7. The number of anilines is 1. The van der Waals surface area contributed by atoms with Crippen molar-refractivity contribution >= 4 is 34.4 Å². The number of methoxy groups -OCH3 is 1. The van der Waals surface area contributed by atoms with Crippen LogP contribution in [0.5, 0.6) is 0 Å². The first-order chi connectivity index (χ1) is 23.0. The number of carbonyl (C=O) groups excluding carboxylic acids is 3. The Kier molecular flexibility index (Phi) is 9.95. The summed E-state index contributed by atoms with van der Waals surface area (Å²) in [6.07, 6.45) is 1.74. The van der Waals surface area contributed by atoms with Crippen molar-refractivity contribution in [2.75, 3.05) is 51.8 Å². The molecule has 0 bridgehead atoms. The number of carbonyl (C=O) groups is 3. The average molecular weight is 629 g/mol. The standard InChI is InChI=1S/C38H36N4O5/c1-46-38(45)32-23-29(31-22-30-14-8-9-15-33(30)39-24-31)16-17-34(32)40-35(43)25-47-26-36(44)41-18-20-42(21-19-41)37(27-10-4-2-5-11-27)28-12-6-3-7-13-28/h2-17,22-24,37H,18-21,25-26H2,1H3,(H,40,43). The van der Waals surface area contributed by atoms with E-state index in [9.17, 15) is 14.4 Å². The normalized spacial score (nSPS) is 13.4. The third-order valence-electron chi connectivity index (χ3n) is 8.34. The predicted octanol–water partition coefficient (Wildman–Crippen LogP) is 5.58. The van der Waals surface area contributed by atoms with E-state index in [2.05, 4.69) is 39.5 Å². The van der Waals surface area contributed by atoms with Gasteiger partial charge in [0.2, 0.25) is 11.8 Å². The molecule has 1 N–H and O–H groups in total. The average Bonchev–Trinajstić information content (AvgIpc) is 3.12. The van der Waals surface area contributed by atoms with Gasteiger partial charge in [-0.2, -0.15) is 0 Å². The van der Waals surface area contributed by atoms with Gasteiger partial charge in [0.05, 0.1) is 29.9 Å². The van der Waals surface area contributed by atoms with Gasteiger partial charge < -0.3 is 19.7 Å². The molecule has 6 rings (SSSR count). The molecule has 9 nitrogen and oxygen atoms in total. The summed E-state index contributed by atoms with van der Waals surface area (Å²) in [4.78, 5) is 47.1. The molecule has 0 radical (unpaired) electrons. The lowest BCUT2D eigenvalue weighted by molar-refractivity contribution is -0.139. The lowest BCUT2D eigenvalue weighted by atomic mass is 9.96. The van der Waals surface area contributed by atoms with Crippen LogP contribution in [0.4, 0.5) is 5.69 Å². The Morgan fingerprint density at radius 2 is 1.43 bits per heavy atom. The van der Waals surface area contributed by atoms with Crippen LogP contribution < -0.4 is 5.32 Å². The third kappa shape index (κ3) is 7.54. The molecule has 1 aliphatic heterocycles. The van der Waals surface area contributed by atoms with Crippen molar-refractivity contribution in [2.45, 2.75) is 6.04 Å². The fourth-order valence-corrected chi connectivity index (χ4v) is 5.96. The summed E-state index contributed by atoms with van der Waals surface area (Å²) < 4.78 is 10.5. The Labute approximate surface area is 273 Å². The van der Waals surface area contributed by atoms with Gasteiger partial charge in [-0.3, -0.25) is 19.5 Å². The van der Waals surface area contributed by atoms with Crippen LogP contribution in [0.3, 0.4) is 0 Å². The summed E-state index contributed by atoms with van der Waals surface area (Å²) >= 11 is 0. The number of benzene rings is 4. The van der Waals surface area contributed by atoms with Gasteiger partial charge in [0.1, 0.15) is 13.2 Å². The summed E-state index contributed by atoms with van der Waals surface area (Å²) in [7, 11) is 1.29. The Hall–Kier alpha value is -5.38. The van der Waals surface area contributed by atoms with Crippen LogP contribution in [-0.4, -0.2) is 79.1 Å². The molecule has 4 aromatic carbocycles. The van der Waals surface area contributed by atoms with E-state index in [0.717, 1.165) is 22.0 Å². The van der Waals surface area contributed by atoms with Crippen molar-refractivity contribution in [1.29, 1.82) is 0 Å². The van der Waals surface area contributed by atoms with Crippen LogP contribution in [0, 0.1) is 0 Å². The molecule has 238 valence electrons. The first-order valence-corrected chi connectivity index (χ1v) is 15.6. The van der Waals surface area contributed by atoms with Crippen LogP contribution in [0.2, 0.25) is 0 Å². The topological polar surface area (TPSA) is 101 Å². The molecule has 1 saturated heterocycles. The quantitative estimate of drug-likeness (QED) is 0.202. The molecule has 9 heteroatoms. The largest absolute Gasteiger partial charge is 0.465 e. The van der Waals surface area contributed by atoms with Crippen molar-refractivity contribution in [3.63, 3.8) is 0 Å². The number of esters is 1. The number of para-hydroxylation sites is 1. The summed E-state index contributed by atoms with van der Waals surface area (Å²) in [5.74, 6) is -1.24. The van der Waals surface area contributed by atoms with Crippen LogP contribution in [-0.2, 0) is 19.1 Å². The number of amides is 2. The van der Waals surface area contributed by atoms with E-state index in [4.69, 9.17) is 9.47 Å². The summed E-state index contributed by atoms with van der Waals surface area (Å²) in [5.41, 5.74) is 5.36. The molecule has 0 atom stereocenters. The van der Waals surface area contributed by atoms with Crippen molar-refractivity contribution in [3.05, 3.63) is 132 Å². The molecule has 1 fully saturated rings. The van der Waals surface area contributed by atoms with E-state index in [1.807, 2.05) is 66.7 Å². The zero-order chi connectivity index (χ0) is 32.6. The molecule has 2 heterocycles. The van der Waals surface area contributed by atoms with Gasteiger partial charge in [-0.1, -0.05) is 84.9 Å². The highest BCUT2D eigenvalue weighted by atomic mass is 16.5. The summed E-state index contributed by atoms with van der Waals surface area (Å²) in [6, 6.07) is 35.8. The smallest absolute Gasteiger partial charge is 0.339 e. The van der Waals surface area contributed by atoms with Gasteiger partial charge in [-0.05, 0) is 41.0 Å². The second-order valence-electron chi connectivity index (χ2n) is 11.4. The van der Waals surface area contributed by atoms with Gasteiger partial charge in [0.15, 0.2) is 0 Å². The highest BCUT2D eigenvalue weighted by molar-refractivity contribution is 6.03. The number of piperazine rings is 1. The second-order valence-corrected chi connectivity index (χ2v) is 11.4. The number of rotatable bonds is 10. The Morgan fingerprint density at radius 3 is 2.11 bits per heavy atom. The Morgan fingerprint density at radius 1 is 0.766 bits per heavy atom. The minimum Gasteiger partial charge on any atom is -0.465 e. The first kappa shape index (κ1) is 31.6. The lowest BCUT2D eigenvalue weighted by Gasteiger charge is -2.39. The zero-order valence-corrected chi connectivity index (χ0v) is 26.2. The van der Waals surface area contributed by atoms with Crippen LogP contribution in [0.25, 0.3) is 22.0 Å². The number of ether oxygens (including phenoxy) is 2. The van der Waals surface area contributed by atoms with Crippen LogP contribution >= 0.6 is 0 Å². The van der Waals surface area contributed by atoms with Crippen molar-refractivity contribution in [1.82, 2.24) is 14.8 Å². The Bertz CT molecular complexity index is 1820. The highest BCUT2D eigenvalue weighted by Crippen LogP contribution is 2.30. The molecule has 0 aliphatic carbocycles. The number of nitrogens with one attached hydrogen (secondary N) is 1. The molecule has 47 heavy (non-hydrogen) atoms. The minimum absolute atomic E-state index is 0.0998. The van der Waals surface area contributed by atoms with Crippen molar-refractivity contribution < 1.29 is 23.9 Å². The molecule has 2 amide bonds. The molecule has 0 saturated carbocycles. The fourth-order valence-electron chi connectivity index (χ4n) is 5.96. The number of hydrogen-bond donors (Lipinski definition) is 1. The van der Waals surface area contributed by atoms with Gasteiger partial charge >= 0.3 is 5.97 Å². The van der Waals surface area contributed by atoms with E-state index in [1.165, 1.54) is 18.2 Å². The predicted molar refractivity (Wildman–Crippen MR) is 181 cm³/mol. The van der Waals surface area contributed by atoms with Gasteiger partial charge in [-0.25, -0.2) is 4.79 Å². The maximum Gasteiger partial charge on any atom is 0.339 e. The maximum atomic E-state index is 13.0. The third-order valence-corrected chi connectivity index (χ3v) is 8.34. The van der Waals surface area contributed by atoms with E-state index in [1.54, 1.807) is 29.3 Å². The second kappa shape index (κ2) is 14.8. The van der Waals surface area contributed by atoms with Gasteiger partial charge in [0, 0.05) is 43.3 Å². The number of aromatic nitrogens is 1. The number of fused-ring (bicyclic) bond motifs is 1. The van der Waals surface area contributed by atoms with Crippen molar-refractivity contribution in [2.24, 2.45) is 0 Å². The summed E-state index contributed by atoms with van der Waals surface area (Å²) in [6.45, 7) is 1.99. The van der Waals surface area contributed by atoms with E-state index >= 15 is 0 Å². The van der Waals surface area contributed by atoms with Gasteiger partial charge in [0.25, 0.3) is 0 Å². The maximum absolute atomic E-state index is 13.0. The molecule has 5 aromatic rings. The van der Waals surface area contributed by atoms with E-state index in [-0.39, 0.29) is 36.4 Å². The molecular formula is C38H36N4O5. The summed E-state index contributed by atoms with van der Waals surface area (Å²) in [5, 5.41) is 3.70. The van der Waals surface area contributed by atoms with Crippen LogP contribution in [0.15, 0.2) is 115 Å². The molecule has 0 unspecified atom stereocenters. The van der Waals surface area contributed by atoms with Crippen molar-refractivity contribution in [3.8, 4) is 11.1 Å². The molecule has 1 aromatic heterocycles. The SMILES string of the molecule is COC(=O)c1cc(-c2cnc3ccccc3c2)ccc1NC(=O)COCC(=O)N1CCN(C(c2ccccc2)c2ccccc2)CC1. The minimum atomic E-state index is -0.590. The number of nitrogens with zero attached hydrogens (tertiary/aromatic N) is 3. The number of pyridine rings is 1.